The van der Waals surface area contributed by atoms with Crippen LogP contribution in [0.3, 0.4) is 0 Å². The van der Waals surface area contributed by atoms with Crippen LogP contribution in [0.1, 0.15) is 43.4 Å². The van der Waals surface area contributed by atoms with Gasteiger partial charge in [0.15, 0.2) is 0 Å². The lowest BCUT2D eigenvalue weighted by molar-refractivity contribution is 0.302. The van der Waals surface area contributed by atoms with Gasteiger partial charge in [0, 0.05) is 30.9 Å². The maximum absolute atomic E-state index is 13.0. The molecule has 0 spiro atoms. The molecule has 0 saturated heterocycles. The number of hydrogen-bond donors (Lipinski definition) is 0. The Morgan fingerprint density at radius 1 is 1.13 bits per heavy atom. The predicted octanol–water partition coefficient (Wildman–Crippen LogP) is 4.74. The van der Waals surface area contributed by atoms with Crippen LogP contribution in [0.5, 0.6) is 5.75 Å². The van der Waals surface area contributed by atoms with Crippen LogP contribution in [0.2, 0.25) is 0 Å². The molecule has 0 atom stereocenters. The first kappa shape index (κ1) is 21.3. The fraction of sp³-hybridized carbons (Fsp3) is 0.385. The van der Waals surface area contributed by atoms with Gasteiger partial charge in [-0.25, -0.2) is 4.98 Å². The SMILES string of the molecule is CCCN1CC=C(c2cc(C)c3nc(-c4ccc(OC)c(CC)c4)cc(=O)n3c2)CC1. The smallest absolute Gasteiger partial charge is 0.258 e. The van der Waals surface area contributed by atoms with Gasteiger partial charge in [0.1, 0.15) is 11.4 Å². The molecule has 0 unspecified atom stereocenters. The third-order valence-corrected chi connectivity index (χ3v) is 6.11. The lowest BCUT2D eigenvalue weighted by Gasteiger charge is -2.26. The number of ether oxygens (including phenoxy) is 1. The highest BCUT2D eigenvalue weighted by Crippen LogP contribution is 2.27. The summed E-state index contributed by atoms with van der Waals surface area (Å²) in [5, 5.41) is 0. The van der Waals surface area contributed by atoms with Crippen LogP contribution in [0, 0.1) is 6.92 Å². The van der Waals surface area contributed by atoms with E-state index in [-0.39, 0.29) is 5.56 Å². The molecule has 1 aliphatic rings. The highest BCUT2D eigenvalue weighted by atomic mass is 16.5. The van der Waals surface area contributed by atoms with Crippen molar-refractivity contribution >= 4 is 11.2 Å². The summed E-state index contributed by atoms with van der Waals surface area (Å²) in [4.78, 5) is 20.4. The summed E-state index contributed by atoms with van der Waals surface area (Å²) < 4.78 is 7.13. The molecule has 3 aromatic rings. The first-order valence-corrected chi connectivity index (χ1v) is 11.2. The number of fused-ring (bicyclic) bond motifs is 1. The number of benzene rings is 1. The van der Waals surface area contributed by atoms with Crippen molar-refractivity contribution in [2.24, 2.45) is 0 Å². The molecule has 0 fully saturated rings. The lowest BCUT2D eigenvalue weighted by Crippen LogP contribution is -2.29. The third kappa shape index (κ3) is 4.28. The van der Waals surface area contributed by atoms with Gasteiger partial charge in [-0.3, -0.25) is 14.1 Å². The second-order valence-corrected chi connectivity index (χ2v) is 8.25. The Morgan fingerprint density at radius 2 is 1.97 bits per heavy atom. The number of hydrogen-bond acceptors (Lipinski definition) is 4. The van der Waals surface area contributed by atoms with Crippen LogP contribution >= 0.6 is 0 Å². The number of aromatic nitrogens is 2. The molecule has 0 bridgehead atoms. The Morgan fingerprint density at radius 3 is 2.65 bits per heavy atom. The molecule has 3 heterocycles. The van der Waals surface area contributed by atoms with Gasteiger partial charge in [0.2, 0.25) is 0 Å². The Bertz CT molecular complexity index is 1190. The van der Waals surface area contributed by atoms with E-state index in [1.165, 1.54) is 12.0 Å². The van der Waals surface area contributed by atoms with E-state index in [0.717, 1.165) is 60.5 Å². The summed E-state index contributed by atoms with van der Waals surface area (Å²) >= 11 is 0. The summed E-state index contributed by atoms with van der Waals surface area (Å²) in [6.07, 6.45) is 7.30. The van der Waals surface area contributed by atoms with Crippen LogP contribution in [0.15, 0.2) is 47.4 Å². The Labute approximate surface area is 184 Å². The minimum atomic E-state index is -0.0529. The molecule has 5 heteroatoms. The van der Waals surface area contributed by atoms with Crippen LogP contribution in [-0.4, -0.2) is 41.0 Å². The van der Waals surface area contributed by atoms with Gasteiger partial charge in [-0.05, 0) is 79.3 Å². The maximum atomic E-state index is 13.0. The number of nitrogens with zero attached hydrogens (tertiary/aromatic N) is 3. The molecule has 4 rings (SSSR count). The largest absolute Gasteiger partial charge is 0.496 e. The summed E-state index contributed by atoms with van der Waals surface area (Å²) in [6, 6.07) is 9.78. The van der Waals surface area contributed by atoms with Crippen LogP contribution < -0.4 is 10.3 Å². The number of methoxy groups -OCH3 is 1. The van der Waals surface area contributed by atoms with E-state index >= 15 is 0 Å². The summed E-state index contributed by atoms with van der Waals surface area (Å²) in [5.41, 5.74) is 6.85. The van der Waals surface area contributed by atoms with Gasteiger partial charge < -0.3 is 4.74 Å². The highest BCUT2D eigenvalue weighted by molar-refractivity contribution is 5.70. The molecule has 0 amide bonds. The van der Waals surface area contributed by atoms with Gasteiger partial charge in [0.25, 0.3) is 5.56 Å². The molecule has 1 aliphatic heterocycles. The summed E-state index contributed by atoms with van der Waals surface area (Å²) in [7, 11) is 1.68. The summed E-state index contributed by atoms with van der Waals surface area (Å²) in [5.74, 6) is 0.864. The predicted molar refractivity (Wildman–Crippen MR) is 127 cm³/mol. The van der Waals surface area contributed by atoms with Crippen LogP contribution in [-0.2, 0) is 6.42 Å². The molecule has 0 aliphatic carbocycles. The number of pyridine rings is 1. The minimum absolute atomic E-state index is 0.0529. The van der Waals surface area contributed by atoms with Crippen LogP contribution in [0.4, 0.5) is 0 Å². The van der Waals surface area contributed by atoms with Crippen molar-refractivity contribution in [3.63, 3.8) is 0 Å². The molecule has 5 nitrogen and oxygen atoms in total. The Hall–Kier alpha value is -2.92. The van der Waals surface area contributed by atoms with Crippen molar-refractivity contribution in [1.29, 1.82) is 0 Å². The molecule has 0 saturated carbocycles. The number of aryl methyl sites for hydroxylation is 2. The topological polar surface area (TPSA) is 46.8 Å². The standard InChI is InChI=1S/C26H31N3O2/c1-5-11-28-12-9-20(10-13-28)22-14-18(3)26-27-23(16-25(30)29(26)17-22)21-7-8-24(31-4)19(6-2)15-21/h7-9,14-17H,5-6,10-13H2,1-4H3. The average Bonchev–Trinajstić information content (AvgIpc) is 2.79. The number of rotatable bonds is 6. The fourth-order valence-corrected chi connectivity index (χ4v) is 4.40. The third-order valence-electron chi connectivity index (χ3n) is 6.11. The molecule has 2 aromatic heterocycles. The van der Waals surface area contributed by atoms with E-state index in [2.05, 4.69) is 37.0 Å². The first-order chi connectivity index (χ1) is 15.0. The van der Waals surface area contributed by atoms with E-state index in [1.807, 2.05) is 25.3 Å². The van der Waals surface area contributed by atoms with E-state index in [4.69, 9.17) is 9.72 Å². The second-order valence-electron chi connectivity index (χ2n) is 8.25. The molecule has 162 valence electrons. The zero-order chi connectivity index (χ0) is 22.0. The highest BCUT2D eigenvalue weighted by Gasteiger charge is 2.15. The molecular weight excluding hydrogens is 386 g/mol. The van der Waals surface area contributed by atoms with E-state index in [1.54, 1.807) is 17.6 Å². The second kappa shape index (κ2) is 9.06. The molecule has 0 radical (unpaired) electrons. The van der Waals surface area contributed by atoms with Crippen molar-refractivity contribution in [3.8, 4) is 17.0 Å². The zero-order valence-electron chi connectivity index (χ0n) is 18.9. The molecule has 31 heavy (non-hydrogen) atoms. The normalized spacial score (nSPS) is 14.6. The molecular formula is C26H31N3O2. The van der Waals surface area contributed by atoms with Gasteiger partial charge in [-0.15, -0.1) is 0 Å². The zero-order valence-corrected chi connectivity index (χ0v) is 18.9. The average molecular weight is 418 g/mol. The van der Waals surface area contributed by atoms with Crippen molar-refractivity contribution in [3.05, 3.63) is 69.6 Å². The van der Waals surface area contributed by atoms with Crippen molar-refractivity contribution < 1.29 is 4.74 Å². The molecule has 1 aromatic carbocycles. The quantitative estimate of drug-likeness (QED) is 0.581. The first-order valence-electron chi connectivity index (χ1n) is 11.2. The van der Waals surface area contributed by atoms with Gasteiger partial charge in [-0.2, -0.15) is 0 Å². The Kier molecular flexibility index (Phi) is 6.23. The molecule has 0 N–H and O–H groups in total. The van der Waals surface area contributed by atoms with Gasteiger partial charge in [0.05, 0.1) is 12.8 Å². The summed E-state index contributed by atoms with van der Waals surface area (Å²) in [6.45, 7) is 9.53. The van der Waals surface area contributed by atoms with E-state index < -0.39 is 0 Å². The maximum Gasteiger partial charge on any atom is 0.258 e. The van der Waals surface area contributed by atoms with E-state index in [0.29, 0.717) is 11.3 Å². The van der Waals surface area contributed by atoms with Crippen molar-refractivity contribution in [2.75, 3.05) is 26.7 Å². The van der Waals surface area contributed by atoms with Gasteiger partial charge in [-0.1, -0.05) is 19.9 Å². The Balaban J connectivity index is 1.74. The minimum Gasteiger partial charge on any atom is -0.496 e. The van der Waals surface area contributed by atoms with Gasteiger partial charge >= 0.3 is 0 Å². The van der Waals surface area contributed by atoms with E-state index in [9.17, 15) is 4.79 Å². The monoisotopic (exact) mass is 417 g/mol. The van der Waals surface area contributed by atoms with Crippen LogP contribution in [0.25, 0.3) is 22.5 Å². The lowest BCUT2D eigenvalue weighted by atomic mass is 9.99. The van der Waals surface area contributed by atoms with Crippen molar-refractivity contribution in [2.45, 2.75) is 40.0 Å². The van der Waals surface area contributed by atoms with Crippen molar-refractivity contribution in [1.82, 2.24) is 14.3 Å². The fourth-order valence-electron chi connectivity index (χ4n) is 4.40.